The van der Waals surface area contributed by atoms with Crippen LogP contribution >= 0.6 is 0 Å². The average Bonchev–Trinajstić information content (AvgIpc) is 2.91. The third kappa shape index (κ3) is 4.59. The Labute approximate surface area is 145 Å². The molecule has 0 saturated carbocycles. The number of carbonyl (C=O) groups excluding carboxylic acids is 1. The van der Waals surface area contributed by atoms with Gasteiger partial charge in [0.05, 0.1) is 11.0 Å². The molecule has 0 saturated heterocycles. The fraction of sp³-hybridized carbons (Fsp3) is 0.600. The molecular formula is C20H31N3O. The molecule has 4 nitrogen and oxygen atoms in total. The SMILES string of the molecule is CCC(CC)C(=O)NCCc1nc2ccccc2n1CCC(C)C. The number of amides is 1. The zero-order valence-corrected chi connectivity index (χ0v) is 15.5. The summed E-state index contributed by atoms with van der Waals surface area (Å²) >= 11 is 0. The molecule has 132 valence electrons. The number of aromatic nitrogens is 2. The van der Waals surface area contributed by atoms with Crippen LogP contribution in [0.3, 0.4) is 0 Å². The number of nitrogens with zero attached hydrogens (tertiary/aromatic N) is 2. The van der Waals surface area contributed by atoms with Gasteiger partial charge in [-0.1, -0.05) is 39.8 Å². The number of rotatable bonds is 9. The largest absolute Gasteiger partial charge is 0.355 e. The molecule has 0 aliphatic carbocycles. The van der Waals surface area contributed by atoms with Gasteiger partial charge in [0.1, 0.15) is 5.82 Å². The fourth-order valence-corrected chi connectivity index (χ4v) is 3.05. The Morgan fingerprint density at radius 3 is 2.58 bits per heavy atom. The minimum atomic E-state index is 0.129. The van der Waals surface area contributed by atoms with Crippen LogP contribution in [0, 0.1) is 11.8 Å². The highest BCUT2D eigenvalue weighted by Crippen LogP contribution is 2.18. The lowest BCUT2D eigenvalue weighted by Crippen LogP contribution is -2.32. The average molecular weight is 329 g/mol. The first kappa shape index (κ1) is 18.5. The van der Waals surface area contributed by atoms with Gasteiger partial charge in [0.15, 0.2) is 0 Å². The standard InChI is InChI=1S/C20H31N3O/c1-5-16(6-2)20(24)21-13-11-19-22-17-9-7-8-10-18(17)23(19)14-12-15(3)4/h7-10,15-16H,5-6,11-14H2,1-4H3,(H,21,24). The van der Waals surface area contributed by atoms with E-state index in [-0.39, 0.29) is 11.8 Å². The van der Waals surface area contributed by atoms with Crippen molar-refractivity contribution in [3.8, 4) is 0 Å². The van der Waals surface area contributed by atoms with Gasteiger partial charge < -0.3 is 9.88 Å². The second-order valence-electron chi connectivity index (χ2n) is 6.91. The van der Waals surface area contributed by atoms with Crippen LogP contribution in [0.2, 0.25) is 0 Å². The summed E-state index contributed by atoms with van der Waals surface area (Å²) in [5.74, 6) is 2.03. The molecule has 4 heteroatoms. The van der Waals surface area contributed by atoms with Crippen molar-refractivity contribution in [1.82, 2.24) is 14.9 Å². The van der Waals surface area contributed by atoms with Crippen LogP contribution in [-0.4, -0.2) is 22.0 Å². The second kappa shape index (κ2) is 8.86. The number of aryl methyl sites for hydroxylation is 1. The summed E-state index contributed by atoms with van der Waals surface area (Å²) in [6.07, 6.45) is 3.70. The molecule has 2 rings (SSSR count). The first-order valence-electron chi connectivity index (χ1n) is 9.28. The Bertz CT molecular complexity index is 656. The first-order valence-corrected chi connectivity index (χ1v) is 9.28. The van der Waals surface area contributed by atoms with Crippen LogP contribution in [0.1, 0.15) is 52.8 Å². The van der Waals surface area contributed by atoms with Gasteiger partial charge in [-0.05, 0) is 37.3 Å². The Balaban J connectivity index is 2.07. The van der Waals surface area contributed by atoms with E-state index in [0.717, 1.165) is 43.6 Å². The van der Waals surface area contributed by atoms with E-state index in [0.29, 0.717) is 12.5 Å². The van der Waals surface area contributed by atoms with E-state index in [2.05, 4.69) is 55.8 Å². The van der Waals surface area contributed by atoms with E-state index in [1.54, 1.807) is 0 Å². The molecule has 0 atom stereocenters. The number of imidazole rings is 1. The summed E-state index contributed by atoms with van der Waals surface area (Å²) in [5, 5.41) is 3.08. The number of carbonyl (C=O) groups is 1. The quantitative estimate of drug-likeness (QED) is 0.750. The molecule has 1 heterocycles. The van der Waals surface area contributed by atoms with E-state index in [1.165, 1.54) is 5.52 Å². The molecule has 24 heavy (non-hydrogen) atoms. The Hall–Kier alpha value is -1.84. The van der Waals surface area contributed by atoms with Gasteiger partial charge in [-0.25, -0.2) is 4.98 Å². The van der Waals surface area contributed by atoms with Crippen molar-refractivity contribution < 1.29 is 4.79 Å². The number of fused-ring (bicyclic) bond motifs is 1. The third-order valence-electron chi connectivity index (χ3n) is 4.67. The summed E-state index contributed by atoms with van der Waals surface area (Å²) in [5.41, 5.74) is 2.24. The number of benzene rings is 1. The van der Waals surface area contributed by atoms with Crippen LogP contribution in [0.4, 0.5) is 0 Å². The molecule has 0 spiro atoms. The topological polar surface area (TPSA) is 46.9 Å². The number of nitrogens with one attached hydrogen (secondary N) is 1. The zero-order chi connectivity index (χ0) is 17.5. The van der Waals surface area contributed by atoms with Crippen LogP contribution < -0.4 is 5.32 Å². The predicted molar refractivity (Wildman–Crippen MR) is 100.0 cm³/mol. The van der Waals surface area contributed by atoms with Crippen molar-refractivity contribution in [1.29, 1.82) is 0 Å². The van der Waals surface area contributed by atoms with Gasteiger partial charge in [0.2, 0.25) is 5.91 Å². The number of hydrogen-bond acceptors (Lipinski definition) is 2. The molecule has 1 N–H and O–H groups in total. The van der Waals surface area contributed by atoms with Crippen molar-refractivity contribution in [2.45, 2.75) is 59.9 Å². The summed E-state index contributed by atoms with van der Waals surface area (Å²) in [6.45, 7) is 10.3. The van der Waals surface area contributed by atoms with Crippen molar-refractivity contribution in [3.05, 3.63) is 30.1 Å². The fourth-order valence-electron chi connectivity index (χ4n) is 3.05. The molecule has 0 radical (unpaired) electrons. The Morgan fingerprint density at radius 1 is 1.21 bits per heavy atom. The minimum absolute atomic E-state index is 0.129. The molecular weight excluding hydrogens is 298 g/mol. The van der Waals surface area contributed by atoms with E-state index in [9.17, 15) is 4.79 Å². The van der Waals surface area contributed by atoms with Crippen molar-refractivity contribution in [2.75, 3.05) is 6.54 Å². The van der Waals surface area contributed by atoms with Crippen LogP contribution in [-0.2, 0) is 17.8 Å². The molecule has 0 fully saturated rings. The predicted octanol–water partition coefficient (Wildman–Crippen LogP) is 4.18. The zero-order valence-electron chi connectivity index (χ0n) is 15.5. The molecule has 1 aromatic heterocycles. The van der Waals surface area contributed by atoms with Gasteiger partial charge in [-0.3, -0.25) is 4.79 Å². The Morgan fingerprint density at radius 2 is 1.92 bits per heavy atom. The monoisotopic (exact) mass is 329 g/mol. The lowest BCUT2D eigenvalue weighted by Gasteiger charge is -2.14. The highest BCUT2D eigenvalue weighted by molar-refractivity contribution is 5.78. The molecule has 1 aromatic carbocycles. The first-order chi connectivity index (χ1) is 11.6. The maximum absolute atomic E-state index is 12.1. The molecule has 0 unspecified atom stereocenters. The van der Waals surface area contributed by atoms with Gasteiger partial charge in [-0.2, -0.15) is 0 Å². The van der Waals surface area contributed by atoms with Crippen molar-refractivity contribution in [2.24, 2.45) is 11.8 Å². The highest BCUT2D eigenvalue weighted by atomic mass is 16.1. The number of para-hydroxylation sites is 2. The second-order valence-corrected chi connectivity index (χ2v) is 6.91. The normalized spacial score (nSPS) is 11.6. The van der Waals surface area contributed by atoms with Crippen molar-refractivity contribution >= 4 is 16.9 Å². The van der Waals surface area contributed by atoms with Gasteiger partial charge in [-0.15, -0.1) is 0 Å². The summed E-state index contributed by atoms with van der Waals surface area (Å²) < 4.78 is 2.32. The Kier molecular flexibility index (Phi) is 6.83. The van der Waals surface area contributed by atoms with Gasteiger partial charge in [0, 0.05) is 25.4 Å². The van der Waals surface area contributed by atoms with Crippen LogP contribution in [0.15, 0.2) is 24.3 Å². The maximum Gasteiger partial charge on any atom is 0.223 e. The van der Waals surface area contributed by atoms with Crippen LogP contribution in [0.5, 0.6) is 0 Å². The molecule has 2 aromatic rings. The summed E-state index contributed by atoms with van der Waals surface area (Å²) in [6, 6.07) is 8.29. The molecule has 0 bridgehead atoms. The van der Waals surface area contributed by atoms with E-state index >= 15 is 0 Å². The summed E-state index contributed by atoms with van der Waals surface area (Å²) in [7, 11) is 0. The lowest BCUT2D eigenvalue weighted by atomic mass is 10.0. The van der Waals surface area contributed by atoms with E-state index < -0.39 is 0 Å². The van der Waals surface area contributed by atoms with E-state index in [4.69, 9.17) is 4.98 Å². The minimum Gasteiger partial charge on any atom is -0.355 e. The van der Waals surface area contributed by atoms with Crippen LogP contribution in [0.25, 0.3) is 11.0 Å². The molecule has 0 aliphatic rings. The van der Waals surface area contributed by atoms with Gasteiger partial charge in [0.25, 0.3) is 0 Å². The third-order valence-corrected chi connectivity index (χ3v) is 4.67. The molecule has 0 aliphatic heterocycles. The smallest absolute Gasteiger partial charge is 0.223 e. The van der Waals surface area contributed by atoms with Gasteiger partial charge >= 0.3 is 0 Å². The highest BCUT2D eigenvalue weighted by Gasteiger charge is 2.15. The lowest BCUT2D eigenvalue weighted by molar-refractivity contribution is -0.125. The maximum atomic E-state index is 12.1. The molecule has 1 amide bonds. The van der Waals surface area contributed by atoms with E-state index in [1.807, 2.05) is 6.07 Å². The number of hydrogen-bond donors (Lipinski definition) is 1. The van der Waals surface area contributed by atoms with Crippen molar-refractivity contribution in [3.63, 3.8) is 0 Å². The summed E-state index contributed by atoms with van der Waals surface area (Å²) in [4.78, 5) is 16.9.